The molecule has 1 aromatic heterocycles. The fourth-order valence-electron chi connectivity index (χ4n) is 1.81. The summed E-state index contributed by atoms with van der Waals surface area (Å²) in [6.45, 7) is 5.27. The number of urea groups is 1. The molecule has 20 heavy (non-hydrogen) atoms. The van der Waals surface area contributed by atoms with E-state index in [2.05, 4.69) is 15.4 Å². The number of carbonyl (C=O) groups excluding carboxylic acids is 1. The molecule has 0 unspecified atom stereocenters. The third-order valence-corrected chi connectivity index (χ3v) is 3.09. The van der Waals surface area contributed by atoms with E-state index in [1.807, 2.05) is 38.1 Å². The molecule has 1 N–H and O–H groups in total. The van der Waals surface area contributed by atoms with Gasteiger partial charge in [0.05, 0.1) is 0 Å². The molecule has 2 rings (SSSR count). The van der Waals surface area contributed by atoms with Crippen molar-refractivity contribution < 1.29 is 4.79 Å². The number of amides is 2. The summed E-state index contributed by atoms with van der Waals surface area (Å²) in [6, 6.07) is 7.79. The lowest BCUT2D eigenvalue weighted by atomic mass is 10.1. The summed E-state index contributed by atoms with van der Waals surface area (Å²) in [5.74, 6) is 0.327. The Morgan fingerprint density at radius 2 is 2.15 bits per heavy atom. The first-order chi connectivity index (χ1) is 9.60. The monoisotopic (exact) mass is 273 g/mol. The van der Waals surface area contributed by atoms with Gasteiger partial charge in [-0.15, -0.1) is 5.10 Å². The lowest BCUT2D eigenvalue weighted by Gasteiger charge is -2.18. The molecule has 6 nitrogen and oxygen atoms in total. The fraction of sp³-hybridized carbons (Fsp3) is 0.357. The molecule has 1 heterocycles. The van der Waals surface area contributed by atoms with Crippen molar-refractivity contribution in [3.8, 4) is 0 Å². The predicted molar refractivity (Wildman–Crippen MR) is 77.4 cm³/mol. The van der Waals surface area contributed by atoms with Gasteiger partial charge in [-0.2, -0.15) is 0 Å². The maximum absolute atomic E-state index is 12.1. The van der Waals surface area contributed by atoms with Gasteiger partial charge in [0.15, 0.2) is 0 Å². The quantitative estimate of drug-likeness (QED) is 0.929. The van der Waals surface area contributed by atoms with Gasteiger partial charge in [-0.3, -0.25) is 10.00 Å². The predicted octanol–water partition coefficient (Wildman–Crippen LogP) is 2.27. The molecule has 0 spiro atoms. The van der Waals surface area contributed by atoms with Gasteiger partial charge in [-0.25, -0.2) is 9.78 Å². The SMILES string of the molecule is CCn1cnc(NC(=O)N(C)Cc2ccccc2C)n1. The molecular weight excluding hydrogens is 254 g/mol. The molecule has 0 aliphatic carbocycles. The molecular formula is C14H19N5O. The topological polar surface area (TPSA) is 63.1 Å². The van der Waals surface area contributed by atoms with E-state index < -0.39 is 0 Å². The van der Waals surface area contributed by atoms with Gasteiger partial charge in [-0.1, -0.05) is 24.3 Å². The number of hydrogen-bond acceptors (Lipinski definition) is 3. The average Bonchev–Trinajstić information content (AvgIpc) is 2.89. The molecule has 0 fully saturated rings. The largest absolute Gasteiger partial charge is 0.324 e. The highest BCUT2D eigenvalue weighted by molar-refractivity contribution is 5.87. The Labute approximate surface area is 118 Å². The van der Waals surface area contributed by atoms with Crippen LogP contribution in [0, 0.1) is 6.92 Å². The van der Waals surface area contributed by atoms with Crippen molar-refractivity contribution in [3.05, 3.63) is 41.7 Å². The molecule has 6 heteroatoms. The number of anilines is 1. The molecule has 2 aromatic rings. The Morgan fingerprint density at radius 1 is 1.40 bits per heavy atom. The van der Waals surface area contributed by atoms with E-state index in [0.717, 1.165) is 12.1 Å². The molecule has 0 saturated carbocycles. The zero-order valence-electron chi connectivity index (χ0n) is 12.0. The number of carbonyl (C=O) groups is 1. The lowest BCUT2D eigenvalue weighted by Crippen LogP contribution is -2.31. The van der Waals surface area contributed by atoms with Crippen LogP contribution >= 0.6 is 0 Å². The average molecular weight is 273 g/mol. The summed E-state index contributed by atoms with van der Waals surface area (Å²) in [5.41, 5.74) is 2.29. The van der Waals surface area contributed by atoms with E-state index in [-0.39, 0.29) is 6.03 Å². The molecule has 1 aromatic carbocycles. The van der Waals surface area contributed by atoms with Crippen LogP contribution in [0.1, 0.15) is 18.1 Å². The summed E-state index contributed by atoms with van der Waals surface area (Å²) in [6.07, 6.45) is 1.59. The Hall–Kier alpha value is -2.37. The van der Waals surface area contributed by atoms with Crippen LogP contribution in [-0.4, -0.2) is 32.7 Å². The third-order valence-electron chi connectivity index (χ3n) is 3.09. The van der Waals surface area contributed by atoms with Crippen molar-refractivity contribution in [3.63, 3.8) is 0 Å². The Kier molecular flexibility index (Phi) is 4.34. The maximum Gasteiger partial charge on any atom is 0.324 e. The molecule has 0 saturated heterocycles. The molecule has 106 valence electrons. The van der Waals surface area contributed by atoms with Crippen molar-refractivity contribution in [2.45, 2.75) is 26.9 Å². The smallest absolute Gasteiger partial charge is 0.323 e. The first-order valence-electron chi connectivity index (χ1n) is 6.56. The zero-order valence-corrected chi connectivity index (χ0v) is 12.0. The van der Waals surface area contributed by atoms with Crippen molar-refractivity contribution in [2.75, 3.05) is 12.4 Å². The zero-order chi connectivity index (χ0) is 14.5. The summed E-state index contributed by atoms with van der Waals surface area (Å²) >= 11 is 0. The standard InChI is InChI=1S/C14H19N5O/c1-4-19-10-15-13(17-19)16-14(20)18(3)9-12-8-6-5-7-11(12)2/h5-8,10H,4,9H2,1-3H3,(H,16,17,20). The van der Waals surface area contributed by atoms with E-state index in [1.54, 1.807) is 23.0 Å². The van der Waals surface area contributed by atoms with Gasteiger partial charge in [-0.05, 0) is 25.0 Å². The van der Waals surface area contributed by atoms with Crippen LogP contribution in [0.25, 0.3) is 0 Å². The first-order valence-corrected chi connectivity index (χ1v) is 6.56. The summed E-state index contributed by atoms with van der Waals surface area (Å²) in [5, 5.41) is 6.80. The number of hydrogen-bond donors (Lipinski definition) is 1. The highest BCUT2D eigenvalue weighted by Crippen LogP contribution is 2.10. The number of nitrogens with one attached hydrogen (secondary N) is 1. The maximum atomic E-state index is 12.1. The molecule has 0 atom stereocenters. The molecule has 0 bridgehead atoms. The Morgan fingerprint density at radius 3 is 2.80 bits per heavy atom. The van der Waals surface area contributed by atoms with Crippen molar-refractivity contribution >= 4 is 12.0 Å². The summed E-state index contributed by atoms with van der Waals surface area (Å²) in [7, 11) is 1.75. The fourth-order valence-corrected chi connectivity index (χ4v) is 1.81. The van der Waals surface area contributed by atoms with E-state index in [9.17, 15) is 4.79 Å². The van der Waals surface area contributed by atoms with Crippen LogP contribution in [0.4, 0.5) is 10.7 Å². The van der Waals surface area contributed by atoms with Crippen LogP contribution in [0.2, 0.25) is 0 Å². The summed E-state index contributed by atoms with van der Waals surface area (Å²) in [4.78, 5) is 17.7. The second-order valence-corrected chi connectivity index (χ2v) is 4.64. The third kappa shape index (κ3) is 3.34. The minimum absolute atomic E-state index is 0.220. The highest BCUT2D eigenvalue weighted by Gasteiger charge is 2.12. The molecule has 0 radical (unpaired) electrons. The number of rotatable bonds is 4. The van der Waals surface area contributed by atoms with Crippen LogP contribution in [0.5, 0.6) is 0 Å². The van der Waals surface area contributed by atoms with Crippen molar-refractivity contribution in [2.24, 2.45) is 0 Å². The Balaban J connectivity index is 1.97. The van der Waals surface area contributed by atoms with Crippen LogP contribution < -0.4 is 5.32 Å². The highest BCUT2D eigenvalue weighted by atomic mass is 16.2. The molecule has 0 aliphatic rings. The van der Waals surface area contributed by atoms with E-state index >= 15 is 0 Å². The minimum Gasteiger partial charge on any atom is -0.323 e. The molecule has 0 aliphatic heterocycles. The second-order valence-electron chi connectivity index (χ2n) is 4.64. The van der Waals surface area contributed by atoms with Gasteiger partial charge in [0, 0.05) is 20.1 Å². The normalized spacial score (nSPS) is 10.3. The second kappa shape index (κ2) is 6.18. The Bertz CT molecular complexity index is 593. The van der Waals surface area contributed by atoms with Crippen molar-refractivity contribution in [1.29, 1.82) is 0 Å². The van der Waals surface area contributed by atoms with Gasteiger partial charge in [0.2, 0.25) is 5.95 Å². The summed E-state index contributed by atoms with van der Waals surface area (Å²) < 4.78 is 1.66. The van der Waals surface area contributed by atoms with Gasteiger partial charge in [0.1, 0.15) is 6.33 Å². The minimum atomic E-state index is -0.220. The number of nitrogens with zero attached hydrogens (tertiary/aromatic N) is 4. The van der Waals surface area contributed by atoms with Crippen molar-refractivity contribution in [1.82, 2.24) is 19.7 Å². The van der Waals surface area contributed by atoms with Crippen LogP contribution in [0.3, 0.4) is 0 Å². The van der Waals surface area contributed by atoms with Gasteiger partial charge >= 0.3 is 6.03 Å². The van der Waals surface area contributed by atoms with E-state index in [1.165, 1.54) is 5.56 Å². The lowest BCUT2D eigenvalue weighted by molar-refractivity contribution is 0.220. The van der Waals surface area contributed by atoms with Gasteiger partial charge < -0.3 is 4.90 Å². The number of aryl methyl sites for hydroxylation is 2. The van der Waals surface area contributed by atoms with Crippen LogP contribution in [0.15, 0.2) is 30.6 Å². The van der Waals surface area contributed by atoms with Gasteiger partial charge in [0.25, 0.3) is 0 Å². The number of aromatic nitrogens is 3. The van der Waals surface area contributed by atoms with E-state index in [0.29, 0.717) is 12.5 Å². The van der Waals surface area contributed by atoms with E-state index in [4.69, 9.17) is 0 Å². The number of benzene rings is 1. The molecule has 2 amide bonds. The van der Waals surface area contributed by atoms with Crippen LogP contribution in [-0.2, 0) is 13.1 Å². The first kappa shape index (κ1) is 14.0.